The van der Waals surface area contributed by atoms with Crippen molar-refractivity contribution in [3.05, 3.63) is 11.1 Å². The first kappa shape index (κ1) is 6.03. The molecule has 0 saturated heterocycles. The number of anilines is 1. The van der Waals surface area contributed by atoms with E-state index in [4.69, 9.17) is 10.9 Å². The number of nitrogen functional groups attached to an aromatic ring is 1. The predicted octanol–water partition coefficient (Wildman–Crippen LogP) is 0.533. The molecule has 4 nitrogen and oxygen atoms in total. The second-order valence-corrected chi connectivity index (χ2v) is 2.24. The third-order valence-corrected chi connectivity index (χ3v) is 1.42. The quantitative estimate of drug-likeness (QED) is 0.342. The average Bonchev–Trinajstić information content (AvgIpc) is 2.17. The molecule has 1 aromatic rings. The van der Waals surface area contributed by atoms with Crippen LogP contribution in [-0.2, 0) is 0 Å². The first-order valence-electron chi connectivity index (χ1n) is 2.21. The molecule has 0 bridgehead atoms. The van der Waals surface area contributed by atoms with Crippen molar-refractivity contribution in [3.63, 3.8) is 0 Å². The van der Waals surface area contributed by atoms with Gasteiger partial charge in [-0.2, -0.15) is 0 Å². The lowest BCUT2D eigenvalue weighted by Gasteiger charge is -1.75. The topological polar surface area (TPSA) is 71.5 Å². The van der Waals surface area contributed by atoms with Crippen molar-refractivity contribution in [2.75, 3.05) is 5.73 Å². The zero-order valence-electron chi connectivity index (χ0n) is 4.48. The molecule has 0 fully saturated rings. The lowest BCUT2D eigenvalue weighted by Crippen LogP contribution is -1.84. The molecule has 1 rings (SSSR count). The maximum Gasteiger partial charge on any atom is 0.180 e. The van der Waals surface area contributed by atoms with Crippen LogP contribution in [0.1, 0.15) is 5.69 Å². The third-order valence-electron chi connectivity index (χ3n) is 0.730. The fourth-order valence-electron chi connectivity index (χ4n) is 0.419. The smallest absolute Gasteiger partial charge is 0.180 e. The Morgan fingerprint density at radius 1 is 1.89 bits per heavy atom. The van der Waals surface area contributed by atoms with Gasteiger partial charge in [0.05, 0.1) is 11.9 Å². The summed E-state index contributed by atoms with van der Waals surface area (Å²) in [6, 6.07) is 0. The van der Waals surface area contributed by atoms with Crippen LogP contribution in [-0.4, -0.2) is 16.4 Å². The second-order valence-electron chi connectivity index (χ2n) is 1.36. The van der Waals surface area contributed by atoms with Crippen LogP contribution >= 0.6 is 11.3 Å². The van der Waals surface area contributed by atoms with E-state index in [1.807, 2.05) is 0 Å². The molecule has 0 aromatic carbocycles. The number of rotatable bonds is 1. The number of nitrogens with two attached hydrogens (primary N) is 1. The zero-order chi connectivity index (χ0) is 6.69. The summed E-state index contributed by atoms with van der Waals surface area (Å²) >= 11 is 1.31. The number of oxime groups is 1. The summed E-state index contributed by atoms with van der Waals surface area (Å²) in [6.45, 7) is 0. The molecule has 0 aliphatic heterocycles. The summed E-state index contributed by atoms with van der Waals surface area (Å²) in [5.74, 6) is 0. The van der Waals surface area contributed by atoms with Crippen molar-refractivity contribution in [2.24, 2.45) is 5.16 Å². The van der Waals surface area contributed by atoms with Crippen LogP contribution < -0.4 is 5.73 Å². The predicted molar refractivity (Wildman–Crippen MR) is 35.9 cm³/mol. The Balaban J connectivity index is 2.85. The molecular formula is C4H5N3OS. The van der Waals surface area contributed by atoms with Gasteiger partial charge in [0.1, 0.15) is 0 Å². The van der Waals surface area contributed by atoms with Gasteiger partial charge in [-0.3, -0.25) is 0 Å². The molecule has 0 unspecified atom stereocenters. The first-order chi connectivity index (χ1) is 4.33. The van der Waals surface area contributed by atoms with Gasteiger partial charge in [0.2, 0.25) is 0 Å². The van der Waals surface area contributed by atoms with Gasteiger partial charge in [-0.15, -0.1) is 11.3 Å². The highest BCUT2D eigenvalue weighted by molar-refractivity contribution is 7.13. The van der Waals surface area contributed by atoms with Crippen molar-refractivity contribution in [1.82, 2.24) is 4.98 Å². The molecule has 1 aromatic heterocycles. The van der Waals surface area contributed by atoms with E-state index in [1.54, 1.807) is 5.38 Å². The van der Waals surface area contributed by atoms with E-state index in [2.05, 4.69) is 10.1 Å². The number of hydrogen-bond donors (Lipinski definition) is 2. The Bertz CT molecular complexity index is 219. The van der Waals surface area contributed by atoms with Crippen molar-refractivity contribution in [1.29, 1.82) is 0 Å². The molecule has 5 heteroatoms. The van der Waals surface area contributed by atoms with Gasteiger partial charge in [-0.25, -0.2) is 4.98 Å². The Hall–Kier alpha value is -1.10. The molecule has 1 heterocycles. The Labute approximate surface area is 55.6 Å². The summed E-state index contributed by atoms with van der Waals surface area (Å²) in [6.07, 6.45) is 1.23. The maximum absolute atomic E-state index is 8.02. The van der Waals surface area contributed by atoms with Gasteiger partial charge in [0.25, 0.3) is 0 Å². The molecule has 0 atom stereocenters. The Morgan fingerprint density at radius 3 is 3.11 bits per heavy atom. The molecule has 48 valence electrons. The molecule has 0 aliphatic carbocycles. The molecule has 0 spiro atoms. The SMILES string of the molecule is Nc1nc(C=NO)cs1. The summed E-state index contributed by atoms with van der Waals surface area (Å²) in [5, 5.41) is 13.0. The van der Waals surface area contributed by atoms with Crippen LogP contribution in [0.2, 0.25) is 0 Å². The number of nitrogens with zero attached hydrogens (tertiary/aromatic N) is 2. The second kappa shape index (κ2) is 2.45. The van der Waals surface area contributed by atoms with Crippen molar-refractivity contribution in [3.8, 4) is 0 Å². The van der Waals surface area contributed by atoms with Gasteiger partial charge in [-0.1, -0.05) is 5.16 Å². The summed E-state index contributed by atoms with van der Waals surface area (Å²) in [4.78, 5) is 3.79. The van der Waals surface area contributed by atoms with Gasteiger partial charge in [-0.05, 0) is 0 Å². The minimum absolute atomic E-state index is 0.477. The number of thiazole rings is 1. The molecule has 0 radical (unpaired) electrons. The third kappa shape index (κ3) is 1.39. The molecule has 0 aliphatic rings. The van der Waals surface area contributed by atoms with E-state index in [1.165, 1.54) is 17.6 Å². The van der Waals surface area contributed by atoms with Crippen molar-refractivity contribution >= 4 is 22.7 Å². The zero-order valence-corrected chi connectivity index (χ0v) is 5.30. The monoisotopic (exact) mass is 143 g/mol. The van der Waals surface area contributed by atoms with Gasteiger partial charge in [0, 0.05) is 5.38 Å². The lowest BCUT2D eigenvalue weighted by molar-refractivity contribution is 0.321. The highest BCUT2D eigenvalue weighted by Gasteiger charge is 1.92. The summed E-state index contributed by atoms with van der Waals surface area (Å²) in [7, 11) is 0. The Kier molecular flexibility index (Phi) is 1.64. The van der Waals surface area contributed by atoms with Crippen LogP contribution in [0.3, 0.4) is 0 Å². The average molecular weight is 143 g/mol. The van der Waals surface area contributed by atoms with E-state index in [-0.39, 0.29) is 0 Å². The molecule has 3 N–H and O–H groups in total. The van der Waals surface area contributed by atoms with E-state index in [0.29, 0.717) is 10.8 Å². The van der Waals surface area contributed by atoms with Crippen LogP contribution in [0.5, 0.6) is 0 Å². The number of aromatic nitrogens is 1. The first-order valence-corrected chi connectivity index (χ1v) is 3.09. The standard InChI is InChI=1S/C4H5N3OS/c5-4-7-3(1-6-8)2-9-4/h1-2,8H,(H2,5,7). The van der Waals surface area contributed by atoms with Crippen LogP contribution in [0.4, 0.5) is 5.13 Å². The highest BCUT2D eigenvalue weighted by atomic mass is 32.1. The molecule has 0 saturated carbocycles. The van der Waals surface area contributed by atoms with Crippen LogP contribution in [0.15, 0.2) is 10.5 Å². The Morgan fingerprint density at radius 2 is 2.67 bits per heavy atom. The summed E-state index contributed by atoms with van der Waals surface area (Å²) in [5.41, 5.74) is 5.86. The van der Waals surface area contributed by atoms with Gasteiger partial charge < -0.3 is 10.9 Å². The fraction of sp³-hybridized carbons (Fsp3) is 0. The minimum atomic E-state index is 0.477. The van der Waals surface area contributed by atoms with Crippen LogP contribution in [0.25, 0.3) is 0 Å². The molecular weight excluding hydrogens is 138 g/mol. The van der Waals surface area contributed by atoms with Crippen LogP contribution in [0, 0.1) is 0 Å². The highest BCUT2D eigenvalue weighted by Crippen LogP contribution is 2.08. The normalized spacial score (nSPS) is 10.7. The van der Waals surface area contributed by atoms with Crippen molar-refractivity contribution in [2.45, 2.75) is 0 Å². The van der Waals surface area contributed by atoms with E-state index < -0.39 is 0 Å². The van der Waals surface area contributed by atoms with E-state index in [9.17, 15) is 0 Å². The number of hydrogen-bond acceptors (Lipinski definition) is 5. The van der Waals surface area contributed by atoms with Crippen molar-refractivity contribution < 1.29 is 5.21 Å². The van der Waals surface area contributed by atoms with E-state index >= 15 is 0 Å². The van der Waals surface area contributed by atoms with Gasteiger partial charge >= 0.3 is 0 Å². The van der Waals surface area contributed by atoms with E-state index in [0.717, 1.165) is 0 Å². The fourth-order valence-corrected chi connectivity index (χ4v) is 0.932. The lowest BCUT2D eigenvalue weighted by atomic mass is 10.6. The largest absolute Gasteiger partial charge is 0.411 e. The molecule has 9 heavy (non-hydrogen) atoms. The minimum Gasteiger partial charge on any atom is -0.411 e. The summed E-state index contributed by atoms with van der Waals surface area (Å²) < 4.78 is 0. The maximum atomic E-state index is 8.02. The van der Waals surface area contributed by atoms with Gasteiger partial charge in [0.15, 0.2) is 5.13 Å². The molecule has 0 amide bonds.